The van der Waals surface area contributed by atoms with Gasteiger partial charge in [0, 0.05) is 5.54 Å². The molecule has 0 fully saturated rings. The van der Waals surface area contributed by atoms with E-state index < -0.39 is 22.6 Å². The first kappa shape index (κ1) is 19.0. The van der Waals surface area contributed by atoms with Crippen LogP contribution in [0.15, 0.2) is 39.2 Å². The zero-order chi connectivity index (χ0) is 19.9. The fraction of sp³-hybridized carbons (Fsp3) is 0.316. The Bertz CT molecular complexity index is 1150. The molecular weight excluding hydrogens is 369 g/mol. The van der Waals surface area contributed by atoms with Crippen molar-refractivity contribution in [1.82, 2.24) is 14.5 Å². The average molecular weight is 389 g/mol. The molecule has 0 saturated heterocycles. The number of carbonyl (C=O) groups excluding carboxylic acids is 1. The number of thiophene rings is 1. The van der Waals surface area contributed by atoms with Gasteiger partial charge in [-0.05, 0) is 62.9 Å². The van der Waals surface area contributed by atoms with Crippen LogP contribution in [0.25, 0.3) is 15.9 Å². The van der Waals surface area contributed by atoms with Gasteiger partial charge in [-0.1, -0.05) is 0 Å². The van der Waals surface area contributed by atoms with Gasteiger partial charge in [-0.3, -0.25) is 14.2 Å². The van der Waals surface area contributed by atoms with E-state index in [9.17, 15) is 18.8 Å². The molecular formula is C19H20FN3O3S. The number of carbonyl (C=O) groups is 1. The second-order valence-electron chi connectivity index (χ2n) is 7.38. The molecule has 0 aliphatic heterocycles. The number of fused-ring (bicyclic) bond motifs is 1. The van der Waals surface area contributed by atoms with E-state index in [0.29, 0.717) is 15.8 Å². The largest absolute Gasteiger partial charge is 0.350 e. The number of nitrogens with zero attached hydrogens (tertiary/aromatic N) is 2. The number of halogens is 1. The topological polar surface area (TPSA) is 73.1 Å². The standard InChI is InChI=1S/C19H20FN3O3S/c1-11-9-12(5-6-13(11)20)23-17(25)16-14(7-8-27-16)22(18(23)26)10-15(24)21-19(2,3)4/h5-9H,10H2,1-4H3,(H,21,24). The van der Waals surface area contributed by atoms with Crippen molar-refractivity contribution in [2.45, 2.75) is 39.8 Å². The van der Waals surface area contributed by atoms with E-state index in [1.165, 1.54) is 34.1 Å². The monoisotopic (exact) mass is 389 g/mol. The lowest BCUT2D eigenvalue weighted by molar-refractivity contribution is -0.123. The molecule has 0 spiro atoms. The first-order chi connectivity index (χ1) is 12.6. The molecule has 3 rings (SSSR count). The second kappa shape index (κ2) is 6.77. The van der Waals surface area contributed by atoms with Crippen LogP contribution in [-0.4, -0.2) is 20.6 Å². The van der Waals surface area contributed by atoms with Crippen molar-refractivity contribution < 1.29 is 9.18 Å². The Labute approximate surface area is 158 Å². The van der Waals surface area contributed by atoms with E-state index in [1.807, 2.05) is 20.8 Å². The Morgan fingerprint density at radius 1 is 1.22 bits per heavy atom. The Balaban J connectivity index is 2.21. The predicted octanol–water partition coefficient (Wildman–Crippen LogP) is 2.58. The average Bonchev–Trinajstić information content (AvgIpc) is 3.03. The van der Waals surface area contributed by atoms with E-state index in [2.05, 4.69) is 5.32 Å². The number of hydrogen-bond donors (Lipinski definition) is 1. The summed E-state index contributed by atoms with van der Waals surface area (Å²) in [6.45, 7) is 6.87. The molecule has 0 radical (unpaired) electrons. The molecule has 2 heterocycles. The van der Waals surface area contributed by atoms with Crippen molar-refractivity contribution in [3.05, 3.63) is 61.9 Å². The minimum Gasteiger partial charge on any atom is -0.350 e. The summed E-state index contributed by atoms with van der Waals surface area (Å²) >= 11 is 1.19. The van der Waals surface area contributed by atoms with Gasteiger partial charge in [0.25, 0.3) is 5.56 Å². The predicted molar refractivity (Wildman–Crippen MR) is 104 cm³/mol. The number of amides is 1. The first-order valence-corrected chi connectivity index (χ1v) is 9.27. The van der Waals surface area contributed by atoms with E-state index >= 15 is 0 Å². The van der Waals surface area contributed by atoms with Crippen molar-refractivity contribution in [2.24, 2.45) is 0 Å². The normalized spacial score (nSPS) is 11.7. The Morgan fingerprint density at radius 3 is 2.56 bits per heavy atom. The maximum Gasteiger partial charge on any atom is 0.336 e. The Kier molecular flexibility index (Phi) is 4.77. The molecule has 0 unspecified atom stereocenters. The molecule has 3 aromatic rings. The van der Waals surface area contributed by atoms with Crippen LogP contribution in [0.4, 0.5) is 4.39 Å². The zero-order valence-electron chi connectivity index (χ0n) is 15.5. The van der Waals surface area contributed by atoms with Crippen molar-refractivity contribution in [1.29, 1.82) is 0 Å². The van der Waals surface area contributed by atoms with Crippen molar-refractivity contribution in [2.75, 3.05) is 0 Å². The molecule has 142 valence electrons. The fourth-order valence-electron chi connectivity index (χ4n) is 2.84. The SMILES string of the molecule is Cc1cc(-n2c(=O)c3sccc3n(CC(=O)NC(C)(C)C)c2=O)ccc1F. The number of aryl methyl sites for hydroxylation is 1. The van der Waals surface area contributed by atoms with Crippen LogP contribution >= 0.6 is 11.3 Å². The van der Waals surface area contributed by atoms with E-state index in [0.717, 1.165) is 4.57 Å². The molecule has 2 aromatic heterocycles. The van der Waals surface area contributed by atoms with Crippen LogP contribution in [0.3, 0.4) is 0 Å². The van der Waals surface area contributed by atoms with Crippen LogP contribution in [0, 0.1) is 12.7 Å². The van der Waals surface area contributed by atoms with Gasteiger partial charge in [-0.2, -0.15) is 0 Å². The van der Waals surface area contributed by atoms with Gasteiger partial charge in [0.15, 0.2) is 0 Å². The summed E-state index contributed by atoms with van der Waals surface area (Å²) in [6.07, 6.45) is 0. The van der Waals surface area contributed by atoms with Crippen LogP contribution in [0.2, 0.25) is 0 Å². The van der Waals surface area contributed by atoms with E-state index in [1.54, 1.807) is 18.4 Å². The number of benzene rings is 1. The summed E-state index contributed by atoms with van der Waals surface area (Å²) in [5.74, 6) is -0.758. The zero-order valence-corrected chi connectivity index (χ0v) is 16.3. The summed E-state index contributed by atoms with van der Waals surface area (Å²) < 4.78 is 16.2. The van der Waals surface area contributed by atoms with Crippen molar-refractivity contribution in [3.8, 4) is 5.69 Å². The van der Waals surface area contributed by atoms with Crippen LogP contribution in [0.5, 0.6) is 0 Å². The lowest BCUT2D eigenvalue weighted by Crippen LogP contribution is -2.45. The quantitative estimate of drug-likeness (QED) is 0.748. The van der Waals surface area contributed by atoms with Gasteiger partial charge < -0.3 is 5.32 Å². The Morgan fingerprint density at radius 2 is 1.93 bits per heavy atom. The van der Waals surface area contributed by atoms with Gasteiger partial charge in [0.1, 0.15) is 17.1 Å². The molecule has 1 N–H and O–H groups in total. The number of aromatic nitrogens is 2. The van der Waals surface area contributed by atoms with Crippen LogP contribution in [0.1, 0.15) is 26.3 Å². The number of hydrogen-bond acceptors (Lipinski definition) is 4. The summed E-state index contributed by atoms with van der Waals surface area (Å²) in [4.78, 5) is 38.3. The van der Waals surface area contributed by atoms with Crippen molar-refractivity contribution in [3.63, 3.8) is 0 Å². The Hall–Kier alpha value is -2.74. The third kappa shape index (κ3) is 3.71. The highest BCUT2D eigenvalue weighted by Gasteiger charge is 2.20. The van der Waals surface area contributed by atoms with Gasteiger partial charge in [0.05, 0.1) is 11.2 Å². The van der Waals surface area contributed by atoms with Gasteiger partial charge in [-0.25, -0.2) is 13.8 Å². The highest BCUT2D eigenvalue weighted by molar-refractivity contribution is 7.17. The van der Waals surface area contributed by atoms with Crippen LogP contribution < -0.4 is 16.6 Å². The smallest absolute Gasteiger partial charge is 0.336 e. The molecule has 6 nitrogen and oxygen atoms in total. The highest BCUT2D eigenvalue weighted by Crippen LogP contribution is 2.17. The van der Waals surface area contributed by atoms with E-state index in [-0.39, 0.29) is 18.1 Å². The maximum absolute atomic E-state index is 13.6. The van der Waals surface area contributed by atoms with E-state index in [4.69, 9.17) is 0 Å². The summed E-state index contributed by atoms with van der Waals surface area (Å²) in [5.41, 5.74) is -0.568. The molecule has 1 amide bonds. The minimum atomic E-state index is -0.638. The molecule has 1 aromatic carbocycles. The molecule has 8 heteroatoms. The molecule has 27 heavy (non-hydrogen) atoms. The summed E-state index contributed by atoms with van der Waals surface area (Å²) in [7, 11) is 0. The molecule has 0 atom stereocenters. The minimum absolute atomic E-state index is 0.218. The second-order valence-corrected chi connectivity index (χ2v) is 8.29. The lowest BCUT2D eigenvalue weighted by Gasteiger charge is -2.21. The van der Waals surface area contributed by atoms with Gasteiger partial charge in [0.2, 0.25) is 5.91 Å². The third-order valence-corrected chi connectivity index (χ3v) is 4.86. The molecule has 0 aliphatic rings. The maximum atomic E-state index is 13.6. The van der Waals surface area contributed by atoms with Crippen molar-refractivity contribution >= 4 is 27.5 Å². The molecule has 0 saturated carbocycles. The molecule has 0 aliphatic carbocycles. The molecule has 0 bridgehead atoms. The lowest BCUT2D eigenvalue weighted by atomic mass is 10.1. The van der Waals surface area contributed by atoms with Gasteiger partial charge in [-0.15, -0.1) is 11.3 Å². The fourth-order valence-corrected chi connectivity index (χ4v) is 3.66. The third-order valence-electron chi connectivity index (χ3n) is 3.97. The van der Waals surface area contributed by atoms with Gasteiger partial charge >= 0.3 is 5.69 Å². The van der Waals surface area contributed by atoms with Crippen LogP contribution in [-0.2, 0) is 11.3 Å². The number of nitrogens with one attached hydrogen (secondary N) is 1. The highest BCUT2D eigenvalue weighted by atomic mass is 32.1. The first-order valence-electron chi connectivity index (χ1n) is 8.39. The summed E-state index contributed by atoms with van der Waals surface area (Å²) in [6, 6.07) is 5.68. The number of rotatable bonds is 3. The summed E-state index contributed by atoms with van der Waals surface area (Å²) in [5, 5.41) is 4.51.